The molecule has 0 aliphatic carbocycles. The maximum atomic E-state index is 12.4. The van der Waals surface area contributed by atoms with Crippen LogP contribution in [0.3, 0.4) is 0 Å². The molecule has 1 aliphatic heterocycles. The molecule has 1 saturated heterocycles. The van der Waals surface area contributed by atoms with Gasteiger partial charge in [-0.1, -0.05) is 23.7 Å². The molecule has 1 aromatic heterocycles. The molecule has 2 aromatic rings. The molecule has 0 saturated carbocycles. The lowest BCUT2D eigenvalue weighted by Crippen LogP contribution is -2.38. The van der Waals surface area contributed by atoms with Gasteiger partial charge in [-0.15, -0.1) is 11.3 Å². The highest BCUT2D eigenvalue weighted by Crippen LogP contribution is 2.28. The van der Waals surface area contributed by atoms with Crippen LogP contribution in [0.15, 0.2) is 35.9 Å². The third-order valence-electron chi connectivity index (χ3n) is 4.15. The molecular weight excluding hydrogens is 328 g/mol. The Kier molecular flexibility index (Phi) is 5.13. The van der Waals surface area contributed by atoms with Gasteiger partial charge in [-0.3, -0.25) is 4.79 Å². The molecule has 0 radical (unpaired) electrons. The number of amides is 1. The quantitative estimate of drug-likeness (QED) is 0.765. The van der Waals surface area contributed by atoms with E-state index < -0.39 is 0 Å². The first-order valence-electron chi connectivity index (χ1n) is 7.76. The molecule has 120 valence electrons. The van der Waals surface area contributed by atoms with Crippen molar-refractivity contribution in [3.8, 4) is 0 Å². The van der Waals surface area contributed by atoms with Crippen LogP contribution >= 0.6 is 22.9 Å². The van der Waals surface area contributed by atoms with Gasteiger partial charge >= 0.3 is 0 Å². The Morgan fingerprint density at radius 1 is 1.48 bits per heavy atom. The summed E-state index contributed by atoms with van der Waals surface area (Å²) in [5.74, 6) is 0.429. The van der Waals surface area contributed by atoms with Crippen molar-refractivity contribution >= 4 is 34.9 Å². The van der Waals surface area contributed by atoms with Crippen LogP contribution in [-0.2, 0) is 4.79 Å². The number of nitrogens with zero attached hydrogens (tertiary/aromatic N) is 2. The monoisotopic (exact) mass is 346 g/mol. The van der Waals surface area contributed by atoms with Gasteiger partial charge in [0, 0.05) is 41.7 Å². The zero-order valence-electron chi connectivity index (χ0n) is 13.0. The molecule has 5 heteroatoms. The summed E-state index contributed by atoms with van der Waals surface area (Å²) in [7, 11) is 0. The molecule has 3 rings (SSSR count). The Morgan fingerprint density at radius 2 is 2.35 bits per heavy atom. The number of aryl methyl sites for hydroxylation is 1. The second-order valence-electron chi connectivity index (χ2n) is 5.84. The van der Waals surface area contributed by atoms with Crippen LogP contribution in [0, 0.1) is 6.92 Å². The maximum absolute atomic E-state index is 12.4. The Bertz CT molecular complexity index is 712. The number of likely N-dealkylation sites (tertiary alicyclic amines) is 1. The summed E-state index contributed by atoms with van der Waals surface area (Å²) < 4.78 is 0. The number of carbonyl (C=O) groups excluding carboxylic acids is 1. The molecular formula is C18H19ClN2OS. The fraction of sp³-hybridized carbons (Fsp3) is 0.333. The number of hydrogen-bond donors (Lipinski definition) is 0. The van der Waals surface area contributed by atoms with Crippen molar-refractivity contribution in [1.29, 1.82) is 0 Å². The van der Waals surface area contributed by atoms with E-state index in [1.165, 1.54) is 0 Å². The lowest BCUT2D eigenvalue weighted by molar-refractivity contribution is -0.127. The van der Waals surface area contributed by atoms with Gasteiger partial charge < -0.3 is 4.90 Å². The number of halogens is 1. The van der Waals surface area contributed by atoms with E-state index in [0.29, 0.717) is 5.92 Å². The van der Waals surface area contributed by atoms with Crippen molar-refractivity contribution in [1.82, 2.24) is 9.88 Å². The third kappa shape index (κ3) is 4.01. The van der Waals surface area contributed by atoms with Crippen LogP contribution in [0.5, 0.6) is 0 Å². The van der Waals surface area contributed by atoms with Crippen molar-refractivity contribution in [3.63, 3.8) is 0 Å². The van der Waals surface area contributed by atoms with Crippen LogP contribution in [0.2, 0.25) is 5.02 Å². The largest absolute Gasteiger partial charge is 0.338 e. The predicted molar refractivity (Wildman–Crippen MR) is 95.9 cm³/mol. The highest BCUT2D eigenvalue weighted by Gasteiger charge is 2.25. The van der Waals surface area contributed by atoms with Crippen molar-refractivity contribution in [2.24, 2.45) is 0 Å². The number of piperidine rings is 1. The standard InChI is InChI=1S/C18H19ClN2OS/c1-13-4-5-14(11-16(13)19)6-7-17(22)21-9-2-3-15(12-21)18-20-8-10-23-18/h4-8,10-11,15H,2-3,9,12H2,1H3/b7-6+. The summed E-state index contributed by atoms with van der Waals surface area (Å²) in [5.41, 5.74) is 1.99. The minimum atomic E-state index is 0.0583. The highest BCUT2D eigenvalue weighted by molar-refractivity contribution is 7.09. The van der Waals surface area contributed by atoms with Gasteiger partial charge in [0.1, 0.15) is 0 Å². The van der Waals surface area contributed by atoms with Crippen LogP contribution in [0.4, 0.5) is 0 Å². The summed E-state index contributed by atoms with van der Waals surface area (Å²) in [5, 5.41) is 3.86. The first-order valence-corrected chi connectivity index (χ1v) is 9.02. The van der Waals surface area contributed by atoms with Gasteiger partial charge in [-0.25, -0.2) is 4.98 Å². The molecule has 0 bridgehead atoms. The second-order valence-corrected chi connectivity index (χ2v) is 7.17. The Balaban J connectivity index is 1.65. The van der Waals surface area contributed by atoms with E-state index in [0.717, 1.165) is 47.1 Å². The number of carbonyl (C=O) groups is 1. The first kappa shape index (κ1) is 16.2. The Hall–Kier alpha value is -1.65. The molecule has 1 aliphatic rings. The van der Waals surface area contributed by atoms with E-state index in [1.807, 2.05) is 47.7 Å². The van der Waals surface area contributed by atoms with E-state index in [9.17, 15) is 4.79 Å². The average Bonchev–Trinajstić information content (AvgIpc) is 3.10. The number of aromatic nitrogens is 1. The van der Waals surface area contributed by atoms with E-state index in [-0.39, 0.29) is 5.91 Å². The summed E-state index contributed by atoms with van der Waals surface area (Å²) in [6.07, 6.45) is 7.45. The fourth-order valence-corrected chi connectivity index (χ4v) is 3.76. The summed E-state index contributed by atoms with van der Waals surface area (Å²) in [4.78, 5) is 18.7. The molecule has 1 atom stereocenters. The van der Waals surface area contributed by atoms with Gasteiger partial charge in [0.15, 0.2) is 0 Å². The second kappa shape index (κ2) is 7.28. The topological polar surface area (TPSA) is 33.2 Å². The summed E-state index contributed by atoms with van der Waals surface area (Å²) >= 11 is 7.79. The molecule has 2 heterocycles. The molecule has 0 N–H and O–H groups in total. The maximum Gasteiger partial charge on any atom is 0.246 e. The number of rotatable bonds is 3. The van der Waals surface area contributed by atoms with E-state index in [4.69, 9.17) is 11.6 Å². The lowest BCUT2D eigenvalue weighted by Gasteiger charge is -2.31. The first-order chi connectivity index (χ1) is 11.1. The van der Waals surface area contributed by atoms with Crippen molar-refractivity contribution < 1.29 is 4.79 Å². The Morgan fingerprint density at radius 3 is 3.09 bits per heavy atom. The van der Waals surface area contributed by atoms with E-state index in [2.05, 4.69) is 4.98 Å². The summed E-state index contributed by atoms with van der Waals surface area (Å²) in [6, 6.07) is 5.82. The number of thiazole rings is 1. The molecule has 0 spiro atoms. The van der Waals surface area contributed by atoms with Gasteiger partial charge in [0.25, 0.3) is 0 Å². The fourth-order valence-electron chi connectivity index (χ4n) is 2.80. The normalized spacial score (nSPS) is 18.5. The smallest absolute Gasteiger partial charge is 0.246 e. The van der Waals surface area contributed by atoms with Crippen LogP contribution in [-0.4, -0.2) is 28.9 Å². The van der Waals surface area contributed by atoms with Crippen LogP contribution in [0.1, 0.15) is 34.9 Å². The van der Waals surface area contributed by atoms with Gasteiger partial charge in [-0.05, 0) is 43.0 Å². The summed E-state index contributed by atoms with van der Waals surface area (Å²) in [6.45, 7) is 3.54. The molecule has 1 aromatic carbocycles. The zero-order chi connectivity index (χ0) is 16.2. The SMILES string of the molecule is Cc1ccc(/C=C/C(=O)N2CCCC(c3nccs3)C2)cc1Cl. The third-order valence-corrected chi connectivity index (χ3v) is 5.49. The van der Waals surface area contributed by atoms with Crippen LogP contribution in [0.25, 0.3) is 6.08 Å². The molecule has 1 unspecified atom stereocenters. The number of hydrogen-bond acceptors (Lipinski definition) is 3. The molecule has 23 heavy (non-hydrogen) atoms. The lowest BCUT2D eigenvalue weighted by atomic mass is 9.98. The zero-order valence-corrected chi connectivity index (χ0v) is 14.6. The minimum Gasteiger partial charge on any atom is -0.338 e. The van der Waals surface area contributed by atoms with Gasteiger partial charge in [0.05, 0.1) is 5.01 Å². The average molecular weight is 347 g/mol. The molecule has 1 amide bonds. The van der Waals surface area contributed by atoms with Crippen LogP contribution < -0.4 is 0 Å². The minimum absolute atomic E-state index is 0.0583. The van der Waals surface area contributed by atoms with Gasteiger partial charge in [-0.2, -0.15) is 0 Å². The van der Waals surface area contributed by atoms with E-state index in [1.54, 1.807) is 17.4 Å². The van der Waals surface area contributed by atoms with Crippen molar-refractivity contribution in [2.75, 3.05) is 13.1 Å². The van der Waals surface area contributed by atoms with E-state index >= 15 is 0 Å². The highest BCUT2D eigenvalue weighted by atomic mass is 35.5. The molecule has 1 fully saturated rings. The molecule has 3 nitrogen and oxygen atoms in total. The van der Waals surface area contributed by atoms with Gasteiger partial charge in [0.2, 0.25) is 5.91 Å². The Labute approximate surface area is 145 Å². The van der Waals surface area contributed by atoms with Crippen molar-refractivity contribution in [2.45, 2.75) is 25.7 Å². The predicted octanol–water partition coefficient (Wildman–Crippen LogP) is 4.52. The van der Waals surface area contributed by atoms with Crippen molar-refractivity contribution in [3.05, 3.63) is 57.0 Å². The number of benzene rings is 1.